The predicted octanol–water partition coefficient (Wildman–Crippen LogP) is 4.00. The molecule has 0 aromatic carbocycles. The van der Waals surface area contributed by atoms with Gasteiger partial charge in [0.2, 0.25) is 0 Å². The van der Waals surface area contributed by atoms with E-state index in [4.69, 9.17) is 11.6 Å². The summed E-state index contributed by atoms with van der Waals surface area (Å²) in [6.45, 7) is 5.52. The van der Waals surface area contributed by atoms with Gasteiger partial charge in [-0.3, -0.25) is 0 Å². The van der Waals surface area contributed by atoms with Crippen LogP contribution < -0.4 is 5.32 Å². The Morgan fingerprint density at radius 3 is 2.76 bits per heavy atom. The number of aromatic nitrogens is 1. The summed E-state index contributed by atoms with van der Waals surface area (Å²) in [6, 6.07) is 4.46. The van der Waals surface area contributed by atoms with E-state index in [0.29, 0.717) is 11.1 Å². The molecule has 0 saturated heterocycles. The molecule has 0 bridgehead atoms. The van der Waals surface area contributed by atoms with Crippen molar-refractivity contribution in [2.75, 3.05) is 12.3 Å². The Kier molecular flexibility index (Phi) is 7.65. The van der Waals surface area contributed by atoms with Crippen LogP contribution in [0.5, 0.6) is 0 Å². The van der Waals surface area contributed by atoms with Crippen LogP contribution in [0.1, 0.15) is 33.1 Å². The third-order valence-corrected chi connectivity index (χ3v) is 3.78. The SMILES string of the molecule is CCCNC(CCC)CSc1ccc(Cl)cn1. The van der Waals surface area contributed by atoms with Crippen LogP contribution in [-0.2, 0) is 0 Å². The number of nitrogens with zero attached hydrogens (tertiary/aromatic N) is 1. The van der Waals surface area contributed by atoms with Crippen LogP contribution in [0.4, 0.5) is 0 Å². The highest BCUT2D eigenvalue weighted by atomic mass is 35.5. The molecule has 0 aliphatic heterocycles. The minimum Gasteiger partial charge on any atom is -0.313 e. The van der Waals surface area contributed by atoms with Crippen molar-refractivity contribution in [3.05, 3.63) is 23.4 Å². The van der Waals surface area contributed by atoms with E-state index in [1.807, 2.05) is 12.1 Å². The van der Waals surface area contributed by atoms with Crippen molar-refractivity contribution >= 4 is 23.4 Å². The van der Waals surface area contributed by atoms with Crippen LogP contribution in [0.3, 0.4) is 0 Å². The maximum atomic E-state index is 5.81. The van der Waals surface area contributed by atoms with E-state index in [1.54, 1.807) is 18.0 Å². The monoisotopic (exact) mass is 272 g/mol. The largest absolute Gasteiger partial charge is 0.313 e. The van der Waals surface area contributed by atoms with Crippen molar-refractivity contribution in [2.24, 2.45) is 0 Å². The molecule has 17 heavy (non-hydrogen) atoms. The lowest BCUT2D eigenvalue weighted by molar-refractivity contribution is 0.514. The summed E-state index contributed by atoms with van der Waals surface area (Å²) in [4.78, 5) is 4.29. The first-order valence-corrected chi connectivity index (χ1v) is 7.60. The number of pyridine rings is 1. The van der Waals surface area contributed by atoms with Crippen molar-refractivity contribution < 1.29 is 0 Å². The van der Waals surface area contributed by atoms with Gasteiger partial charge in [-0.25, -0.2) is 4.98 Å². The second-order valence-electron chi connectivity index (χ2n) is 4.07. The summed E-state index contributed by atoms with van der Waals surface area (Å²) < 4.78 is 0. The quantitative estimate of drug-likeness (QED) is 0.724. The minimum atomic E-state index is 0.586. The van der Waals surface area contributed by atoms with E-state index in [0.717, 1.165) is 17.3 Å². The fraction of sp³-hybridized carbons (Fsp3) is 0.615. The fourth-order valence-electron chi connectivity index (χ4n) is 1.57. The molecule has 1 rings (SSSR count). The Bertz CT molecular complexity index is 303. The van der Waals surface area contributed by atoms with Gasteiger partial charge in [0, 0.05) is 18.0 Å². The first-order chi connectivity index (χ1) is 8.26. The summed E-state index contributed by atoms with van der Waals surface area (Å²) in [5.74, 6) is 1.07. The molecule has 1 N–H and O–H groups in total. The molecule has 0 saturated carbocycles. The van der Waals surface area contributed by atoms with Crippen molar-refractivity contribution in [3.8, 4) is 0 Å². The van der Waals surface area contributed by atoms with Gasteiger partial charge in [-0.2, -0.15) is 0 Å². The van der Waals surface area contributed by atoms with Gasteiger partial charge in [-0.05, 0) is 31.5 Å². The van der Waals surface area contributed by atoms with Crippen LogP contribution in [0.2, 0.25) is 5.02 Å². The molecule has 0 aliphatic rings. The van der Waals surface area contributed by atoms with E-state index < -0.39 is 0 Å². The standard InChI is InChI=1S/C13H21ClN2S/c1-3-5-12(15-8-4-2)10-17-13-7-6-11(14)9-16-13/h6-7,9,12,15H,3-5,8,10H2,1-2H3. The summed E-state index contributed by atoms with van der Waals surface area (Å²) >= 11 is 7.60. The van der Waals surface area contributed by atoms with Crippen molar-refractivity contribution in [1.29, 1.82) is 0 Å². The molecule has 0 radical (unpaired) electrons. The lowest BCUT2D eigenvalue weighted by Crippen LogP contribution is -2.31. The molecule has 0 spiro atoms. The highest BCUT2D eigenvalue weighted by Gasteiger charge is 2.07. The van der Waals surface area contributed by atoms with Crippen LogP contribution in [0.15, 0.2) is 23.4 Å². The first-order valence-electron chi connectivity index (χ1n) is 6.24. The number of hydrogen-bond donors (Lipinski definition) is 1. The van der Waals surface area contributed by atoms with Crippen molar-refractivity contribution in [2.45, 2.75) is 44.2 Å². The molecule has 0 aliphatic carbocycles. The Hall–Kier alpha value is -0.250. The maximum absolute atomic E-state index is 5.81. The minimum absolute atomic E-state index is 0.586. The normalized spacial score (nSPS) is 12.6. The number of hydrogen-bond acceptors (Lipinski definition) is 3. The smallest absolute Gasteiger partial charge is 0.0961 e. The van der Waals surface area contributed by atoms with E-state index in [9.17, 15) is 0 Å². The second kappa shape index (κ2) is 8.78. The molecule has 1 atom stereocenters. The highest BCUT2D eigenvalue weighted by molar-refractivity contribution is 7.99. The van der Waals surface area contributed by atoms with Gasteiger partial charge in [-0.1, -0.05) is 31.9 Å². The van der Waals surface area contributed by atoms with Gasteiger partial charge in [0.1, 0.15) is 0 Å². The molecule has 4 heteroatoms. The van der Waals surface area contributed by atoms with E-state index in [2.05, 4.69) is 24.1 Å². The summed E-state index contributed by atoms with van der Waals surface area (Å²) in [5, 5.41) is 5.32. The zero-order valence-electron chi connectivity index (χ0n) is 10.6. The Balaban J connectivity index is 2.37. The molecule has 0 fully saturated rings. The Labute approximate surface area is 114 Å². The fourth-order valence-corrected chi connectivity index (χ4v) is 2.63. The molecule has 2 nitrogen and oxygen atoms in total. The number of nitrogens with one attached hydrogen (secondary N) is 1. The van der Waals surface area contributed by atoms with Crippen LogP contribution >= 0.6 is 23.4 Å². The van der Waals surface area contributed by atoms with Crippen LogP contribution in [0.25, 0.3) is 0 Å². The topological polar surface area (TPSA) is 24.9 Å². The van der Waals surface area contributed by atoms with Gasteiger partial charge in [0.05, 0.1) is 10.0 Å². The van der Waals surface area contributed by atoms with Crippen LogP contribution in [0, 0.1) is 0 Å². The maximum Gasteiger partial charge on any atom is 0.0961 e. The summed E-state index contributed by atoms with van der Waals surface area (Å²) in [5.41, 5.74) is 0. The van der Waals surface area contributed by atoms with Gasteiger partial charge in [0.15, 0.2) is 0 Å². The third-order valence-electron chi connectivity index (χ3n) is 2.45. The Morgan fingerprint density at radius 1 is 1.35 bits per heavy atom. The third kappa shape index (κ3) is 6.29. The molecule has 1 heterocycles. The molecule has 0 amide bonds. The Morgan fingerprint density at radius 2 is 2.18 bits per heavy atom. The number of rotatable bonds is 8. The van der Waals surface area contributed by atoms with Crippen LogP contribution in [-0.4, -0.2) is 23.3 Å². The number of thioether (sulfide) groups is 1. The van der Waals surface area contributed by atoms with E-state index in [-0.39, 0.29) is 0 Å². The summed E-state index contributed by atoms with van der Waals surface area (Å²) in [7, 11) is 0. The lowest BCUT2D eigenvalue weighted by Gasteiger charge is -2.16. The highest BCUT2D eigenvalue weighted by Crippen LogP contribution is 2.19. The number of halogens is 1. The van der Waals surface area contributed by atoms with E-state index in [1.165, 1.54) is 19.3 Å². The summed E-state index contributed by atoms with van der Waals surface area (Å²) in [6.07, 6.45) is 5.33. The zero-order valence-corrected chi connectivity index (χ0v) is 12.2. The second-order valence-corrected chi connectivity index (χ2v) is 5.54. The molecule has 1 unspecified atom stereocenters. The average Bonchev–Trinajstić information content (AvgIpc) is 2.35. The molecular formula is C13H21ClN2S. The average molecular weight is 273 g/mol. The predicted molar refractivity (Wildman–Crippen MR) is 77.0 cm³/mol. The van der Waals surface area contributed by atoms with Gasteiger partial charge in [-0.15, -0.1) is 11.8 Å². The molecular weight excluding hydrogens is 252 g/mol. The molecule has 1 aromatic rings. The zero-order chi connectivity index (χ0) is 12.5. The lowest BCUT2D eigenvalue weighted by atomic mass is 10.2. The van der Waals surface area contributed by atoms with Crippen molar-refractivity contribution in [3.63, 3.8) is 0 Å². The first kappa shape index (κ1) is 14.8. The van der Waals surface area contributed by atoms with Gasteiger partial charge in [0.25, 0.3) is 0 Å². The van der Waals surface area contributed by atoms with Crippen molar-refractivity contribution in [1.82, 2.24) is 10.3 Å². The molecule has 96 valence electrons. The molecule has 1 aromatic heterocycles. The van der Waals surface area contributed by atoms with E-state index >= 15 is 0 Å². The van der Waals surface area contributed by atoms with Gasteiger partial charge >= 0.3 is 0 Å². The van der Waals surface area contributed by atoms with Gasteiger partial charge < -0.3 is 5.32 Å².